The summed E-state index contributed by atoms with van der Waals surface area (Å²) in [6.07, 6.45) is 0. The molecule has 0 radical (unpaired) electrons. The summed E-state index contributed by atoms with van der Waals surface area (Å²) in [4.78, 5) is 22.6. The number of nitrogens with two attached hydrogens (primary N) is 2. The van der Waals surface area contributed by atoms with Crippen molar-refractivity contribution >= 4 is 69.1 Å². The van der Waals surface area contributed by atoms with Crippen LogP contribution in [0.15, 0.2) is 18.2 Å². The molecule has 0 atom stereocenters. The molecule has 2 aromatic rings. The zero-order valence-corrected chi connectivity index (χ0v) is 19.6. The van der Waals surface area contributed by atoms with Crippen LogP contribution in [-0.2, 0) is 9.47 Å². The van der Waals surface area contributed by atoms with Crippen molar-refractivity contribution in [2.24, 2.45) is 0 Å². The first-order chi connectivity index (χ1) is 13.6. The van der Waals surface area contributed by atoms with Gasteiger partial charge in [-0.05, 0) is 40.8 Å². The van der Waals surface area contributed by atoms with Crippen LogP contribution < -0.4 is 20.9 Å². The number of hydrogen-bond donors (Lipinski definition) is 2. The molecule has 11 heteroatoms. The molecule has 0 bridgehead atoms. The first-order valence-corrected chi connectivity index (χ1v) is 9.57. The number of hydrogen-bond acceptors (Lipinski definition) is 8. The van der Waals surface area contributed by atoms with Gasteiger partial charge in [0.25, 0.3) is 0 Å². The van der Waals surface area contributed by atoms with Gasteiger partial charge in [0.15, 0.2) is 0 Å². The third-order valence-electron chi connectivity index (χ3n) is 3.56. The quantitative estimate of drug-likeness (QED) is 0.328. The number of halogens is 3. The van der Waals surface area contributed by atoms with E-state index in [1.165, 1.54) is 46.6 Å². The molecule has 0 fully saturated rings. The van der Waals surface area contributed by atoms with Gasteiger partial charge in [-0.3, -0.25) is 0 Å². The van der Waals surface area contributed by atoms with Gasteiger partial charge in [-0.25, -0.2) is 9.59 Å². The molecule has 0 unspecified atom stereocenters. The normalized spacial score (nSPS) is 9.76. The monoisotopic (exact) mass is 556 g/mol. The third kappa shape index (κ3) is 5.94. The summed E-state index contributed by atoms with van der Waals surface area (Å²) in [6, 6.07) is 4.36. The largest absolute Gasteiger partial charge is 0.495 e. The van der Waals surface area contributed by atoms with Gasteiger partial charge in [-0.2, -0.15) is 0 Å². The average Bonchev–Trinajstić information content (AvgIpc) is 2.72. The summed E-state index contributed by atoms with van der Waals surface area (Å²) in [5, 5.41) is 0.524. The molecule has 0 saturated heterocycles. The van der Waals surface area contributed by atoms with E-state index in [1.807, 2.05) is 22.6 Å². The molecular formula is C18H19Cl2IN2O6. The Morgan fingerprint density at radius 2 is 1.34 bits per heavy atom. The minimum atomic E-state index is -0.520. The predicted octanol–water partition coefficient (Wildman–Crippen LogP) is 4.04. The summed E-state index contributed by atoms with van der Waals surface area (Å²) < 4.78 is 19.7. The standard InChI is InChI=1S/C9H9ClINO3.C9H10ClNO3/c1-14-5-3-4(9(13)15-2)6(10)7(11)8(5)12;1-13-8-3-5(9(12)14-2)6(10)4-7(8)11/h3H,12H2,1-2H3;3-4H,11H2,1-2H3. The van der Waals surface area contributed by atoms with E-state index in [9.17, 15) is 9.59 Å². The zero-order valence-electron chi connectivity index (χ0n) is 16.0. The maximum atomic E-state index is 11.4. The molecule has 2 rings (SSSR count). The molecular weight excluding hydrogens is 538 g/mol. The Balaban J connectivity index is 0.000000291. The Bertz CT molecular complexity index is 924. The van der Waals surface area contributed by atoms with Crippen LogP contribution in [0.1, 0.15) is 20.7 Å². The molecule has 0 aromatic heterocycles. The molecule has 0 spiro atoms. The fraction of sp³-hybridized carbons (Fsp3) is 0.222. The molecule has 0 aliphatic rings. The lowest BCUT2D eigenvalue weighted by Gasteiger charge is -2.11. The van der Waals surface area contributed by atoms with Crippen LogP contribution in [0.25, 0.3) is 0 Å². The number of nitrogen functional groups attached to an aromatic ring is 2. The van der Waals surface area contributed by atoms with E-state index in [0.29, 0.717) is 26.4 Å². The number of methoxy groups -OCH3 is 4. The van der Waals surface area contributed by atoms with Crippen LogP contribution in [0.5, 0.6) is 11.5 Å². The van der Waals surface area contributed by atoms with E-state index in [2.05, 4.69) is 9.47 Å². The van der Waals surface area contributed by atoms with Crippen molar-refractivity contribution in [3.05, 3.63) is 42.9 Å². The third-order valence-corrected chi connectivity index (χ3v) is 5.70. The first-order valence-electron chi connectivity index (χ1n) is 7.73. The van der Waals surface area contributed by atoms with Gasteiger partial charge in [-0.1, -0.05) is 23.2 Å². The number of esters is 2. The Morgan fingerprint density at radius 3 is 1.83 bits per heavy atom. The summed E-state index contributed by atoms with van der Waals surface area (Å²) in [7, 11) is 5.49. The maximum Gasteiger partial charge on any atom is 0.339 e. The smallest absolute Gasteiger partial charge is 0.339 e. The summed E-state index contributed by atoms with van der Waals surface area (Å²) in [5.74, 6) is -0.233. The van der Waals surface area contributed by atoms with E-state index in [4.69, 9.17) is 44.1 Å². The fourth-order valence-corrected chi connectivity index (χ4v) is 3.10. The maximum absolute atomic E-state index is 11.4. The SMILES string of the molecule is COC(=O)c1cc(OC)c(N)c(I)c1Cl.COC(=O)c1cc(OC)c(N)cc1Cl. The molecule has 29 heavy (non-hydrogen) atoms. The molecule has 0 heterocycles. The second-order valence-electron chi connectivity index (χ2n) is 5.23. The highest BCUT2D eigenvalue weighted by molar-refractivity contribution is 14.1. The second-order valence-corrected chi connectivity index (χ2v) is 7.09. The van der Waals surface area contributed by atoms with Crippen molar-refractivity contribution in [2.45, 2.75) is 0 Å². The first kappa shape index (κ1) is 24.9. The number of rotatable bonds is 4. The second kappa shape index (κ2) is 11.2. The highest BCUT2D eigenvalue weighted by atomic mass is 127. The fourth-order valence-electron chi connectivity index (χ4n) is 2.06. The van der Waals surface area contributed by atoms with Gasteiger partial charge in [-0.15, -0.1) is 0 Å². The van der Waals surface area contributed by atoms with Crippen LogP contribution in [0.4, 0.5) is 11.4 Å². The summed E-state index contributed by atoms with van der Waals surface area (Å²) in [5.41, 5.74) is 12.6. The lowest BCUT2D eigenvalue weighted by Crippen LogP contribution is -2.06. The van der Waals surface area contributed by atoms with E-state index >= 15 is 0 Å². The Morgan fingerprint density at radius 1 is 0.862 bits per heavy atom. The minimum absolute atomic E-state index is 0.236. The van der Waals surface area contributed by atoms with Crippen LogP contribution in [-0.4, -0.2) is 40.4 Å². The molecule has 8 nitrogen and oxygen atoms in total. The van der Waals surface area contributed by atoms with Crippen LogP contribution in [0.3, 0.4) is 0 Å². The van der Waals surface area contributed by atoms with Crippen LogP contribution >= 0.6 is 45.8 Å². The van der Waals surface area contributed by atoms with Crippen molar-refractivity contribution < 1.29 is 28.5 Å². The molecule has 4 N–H and O–H groups in total. The molecule has 0 amide bonds. The topological polar surface area (TPSA) is 123 Å². The number of benzene rings is 2. The highest BCUT2D eigenvalue weighted by Gasteiger charge is 2.19. The zero-order chi connectivity index (χ0) is 22.3. The van der Waals surface area contributed by atoms with Crippen molar-refractivity contribution in [1.29, 1.82) is 0 Å². The number of carbonyl (C=O) groups is 2. The van der Waals surface area contributed by atoms with Gasteiger partial charge in [0, 0.05) is 0 Å². The molecule has 0 saturated carbocycles. The highest BCUT2D eigenvalue weighted by Crippen LogP contribution is 2.35. The lowest BCUT2D eigenvalue weighted by molar-refractivity contribution is 0.0591. The van der Waals surface area contributed by atoms with E-state index in [-0.39, 0.29) is 21.2 Å². The summed E-state index contributed by atoms with van der Waals surface area (Å²) >= 11 is 13.7. The van der Waals surface area contributed by atoms with Crippen LogP contribution in [0.2, 0.25) is 10.0 Å². The number of anilines is 2. The van der Waals surface area contributed by atoms with E-state index < -0.39 is 11.9 Å². The summed E-state index contributed by atoms with van der Waals surface area (Å²) in [6.45, 7) is 0. The van der Waals surface area contributed by atoms with Gasteiger partial charge < -0.3 is 30.4 Å². The van der Waals surface area contributed by atoms with Crippen molar-refractivity contribution in [1.82, 2.24) is 0 Å². The molecule has 0 aliphatic heterocycles. The predicted molar refractivity (Wildman–Crippen MR) is 120 cm³/mol. The average molecular weight is 557 g/mol. The Kier molecular flexibility index (Phi) is 9.60. The van der Waals surface area contributed by atoms with Gasteiger partial charge in [0.05, 0.1) is 64.6 Å². The van der Waals surface area contributed by atoms with E-state index in [0.717, 1.165) is 0 Å². The van der Waals surface area contributed by atoms with Crippen molar-refractivity contribution in [3.63, 3.8) is 0 Å². The molecule has 158 valence electrons. The Labute approximate surface area is 191 Å². The van der Waals surface area contributed by atoms with Gasteiger partial charge >= 0.3 is 11.9 Å². The lowest BCUT2D eigenvalue weighted by atomic mass is 10.2. The van der Waals surface area contributed by atoms with E-state index in [1.54, 1.807) is 0 Å². The molecule has 0 aliphatic carbocycles. The minimum Gasteiger partial charge on any atom is -0.495 e. The van der Waals surface area contributed by atoms with Crippen LogP contribution in [0, 0.1) is 3.57 Å². The van der Waals surface area contributed by atoms with Crippen molar-refractivity contribution in [3.8, 4) is 11.5 Å². The number of ether oxygens (including phenoxy) is 4. The van der Waals surface area contributed by atoms with Gasteiger partial charge in [0.2, 0.25) is 0 Å². The Hall–Kier alpha value is -2.11. The van der Waals surface area contributed by atoms with Crippen molar-refractivity contribution in [2.75, 3.05) is 39.9 Å². The van der Waals surface area contributed by atoms with Gasteiger partial charge in [0.1, 0.15) is 11.5 Å². The molecule has 2 aromatic carbocycles. The number of carbonyl (C=O) groups excluding carboxylic acids is 2.